The van der Waals surface area contributed by atoms with E-state index in [2.05, 4.69) is 71.6 Å². The average Bonchev–Trinajstić information content (AvgIpc) is 3.70. The van der Waals surface area contributed by atoms with E-state index in [-0.39, 0.29) is 83.2 Å². The van der Waals surface area contributed by atoms with Crippen LogP contribution >= 0.6 is 0 Å². The molecular formula is C49H22B10N4O. The normalized spacial score (nSPS) is 11.4. The molecule has 0 aliphatic heterocycles. The van der Waals surface area contributed by atoms with Crippen LogP contribution in [0.2, 0.25) is 0 Å². The van der Waals surface area contributed by atoms with E-state index < -0.39 is 0 Å². The average molecular weight is 791 g/mol. The van der Waals surface area contributed by atoms with E-state index in [1.807, 2.05) is 66.7 Å². The molecule has 0 saturated carbocycles. The first-order valence-electron chi connectivity index (χ1n) is 20.1. The Hall–Kier alpha value is -6.72. The summed E-state index contributed by atoms with van der Waals surface area (Å²) >= 11 is 0. The fraction of sp³-hybridized carbons (Fsp3) is 0. The van der Waals surface area contributed by atoms with Crippen LogP contribution in [0.1, 0.15) is 0 Å². The Labute approximate surface area is 384 Å². The summed E-state index contributed by atoms with van der Waals surface area (Å²) < 4.78 is 6.65. The molecule has 0 spiro atoms. The van der Waals surface area contributed by atoms with Crippen LogP contribution in [0.25, 0.3) is 78.0 Å². The van der Waals surface area contributed by atoms with Crippen molar-refractivity contribution in [3.8, 4) is 45.3 Å². The van der Waals surface area contributed by atoms with Crippen LogP contribution in [0.5, 0.6) is 0 Å². The number of fused-ring (bicyclic) bond motifs is 4. The molecule has 10 aromatic rings. The summed E-state index contributed by atoms with van der Waals surface area (Å²) in [5.74, 6) is 0.114. The van der Waals surface area contributed by atoms with Crippen LogP contribution in [-0.4, -0.2) is 93.4 Å². The Morgan fingerprint density at radius 2 is 0.844 bits per heavy atom. The molecule has 274 valence electrons. The lowest BCUT2D eigenvalue weighted by atomic mass is 9.60. The summed E-state index contributed by atoms with van der Waals surface area (Å²) in [4.78, 5) is 17.1. The van der Waals surface area contributed by atoms with Gasteiger partial charge < -0.3 is 9.32 Å². The third kappa shape index (κ3) is 6.84. The number of aromatic nitrogens is 3. The maximum atomic E-state index is 6.65. The molecule has 0 amide bonds. The van der Waals surface area contributed by atoms with Gasteiger partial charge in [0.1, 0.15) is 89.6 Å². The Balaban J connectivity index is 1.29. The van der Waals surface area contributed by atoms with Gasteiger partial charge in [-0.15, -0.1) is 32.8 Å². The first-order chi connectivity index (χ1) is 30.9. The molecule has 64 heavy (non-hydrogen) atoms. The minimum absolute atomic E-state index is 0.000241. The van der Waals surface area contributed by atoms with Gasteiger partial charge in [-0.3, -0.25) is 0 Å². The molecule has 0 aliphatic carbocycles. The Kier molecular flexibility index (Phi) is 10.4. The second-order valence-electron chi connectivity index (χ2n) is 15.4. The zero-order chi connectivity index (χ0) is 44.6. The van der Waals surface area contributed by atoms with Crippen molar-refractivity contribution < 1.29 is 4.42 Å². The first-order valence-corrected chi connectivity index (χ1v) is 20.1. The summed E-state index contributed by atoms with van der Waals surface area (Å²) in [6, 6.07) is 44.8. The monoisotopic (exact) mass is 792 g/mol. The van der Waals surface area contributed by atoms with Crippen molar-refractivity contribution in [3.05, 3.63) is 133 Å². The van der Waals surface area contributed by atoms with Gasteiger partial charge >= 0.3 is 0 Å². The molecule has 5 nitrogen and oxygen atoms in total. The van der Waals surface area contributed by atoms with Crippen LogP contribution in [0.15, 0.2) is 138 Å². The van der Waals surface area contributed by atoms with Gasteiger partial charge in [0.15, 0.2) is 17.5 Å². The maximum absolute atomic E-state index is 6.65. The van der Waals surface area contributed by atoms with Crippen molar-refractivity contribution in [3.63, 3.8) is 0 Å². The Bertz CT molecular complexity index is 3380. The second kappa shape index (κ2) is 16.1. The third-order valence-electron chi connectivity index (χ3n) is 11.7. The molecular weight excluding hydrogens is 769 g/mol. The lowest BCUT2D eigenvalue weighted by molar-refractivity contribution is 0.669. The predicted molar refractivity (Wildman–Crippen MR) is 275 cm³/mol. The minimum atomic E-state index is -0.0181. The van der Waals surface area contributed by atoms with Crippen molar-refractivity contribution in [2.24, 2.45) is 0 Å². The highest BCUT2D eigenvalue weighted by Crippen LogP contribution is 2.44. The zero-order valence-corrected chi connectivity index (χ0v) is 34.2. The van der Waals surface area contributed by atoms with Gasteiger partial charge in [-0.2, -0.15) is 0 Å². The summed E-state index contributed by atoms with van der Waals surface area (Å²) in [5.41, 5.74) is 6.60. The molecule has 0 N–H and O–H groups in total. The Morgan fingerprint density at radius 3 is 1.45 bits per heavy atom. The molecule has 2 heterocycles. The molecule has 0 atom stereocenters. The van der Waals surface area contributed by atoms with E-state index in [4.69, 9.17) is 97.8 Å². The highest BCUT2D eigenvalue weighted by Gasteiger charge is 2.25. The quantitative estimate of drug-likeness (QED) is 0.226. The Morgan fingerprint density at radius 1 is 0.359 bits per heavy atom. The molecule has 0 saturated heterocycles. The molecule has 15 heteroatoms. The molecule has 0 bridgehead atoms. The number of hydrogen-bond donors (Lipinski definition) is 0. The van der Waals surface area contributed by atoms with Crippen LogP contribution in [-0.2, 0) is 0 Å². The van der Waals surface area contributed by atoms with Crippen molar-refractivity contribution in [2.75, 3.05) is 4.90 Å². The van der Waals surface area contributed by atoms with Crippen LogP contribution in [0.3, 0.4) is 0 Å². The number of para-hydroxylation sites is 1. The van der Waals surface area contributed by atoms with Crippen LogP contribution in [0.4, 0.5) is 17.1 Å². The highest BCUT2D eigenvalue weighted by molar-refractivity contribution is 6.70. The topological polar surface area (TPSA) is 55.1 Å². The van der Waals surface area contributed by atoms with Crippen molar-refractivity contribution in [1.29, 1.82) is 0 Å². The summed E-state index contributed by atoms with van der Waals surface area (Å²) in [6.45, 7) is 0. The first kappa shape index (κ1) is 41.3. The predicted octanol–water partition coefficient (Wildman–Crippen LogP) is 1.00. The van der Waals surface area contributed by atoms with E-state index >= 15 is 0 Å². The number of benzene rings is 8. The van der Waals surface area contributed by atoms with E-state index in [1.165, 1.54) is 0 Å². The maximum Gasteiger partial charge on any atom is 0.164 e. The molecule has 8 aromatic carbocycles. The SMILES string of the molecule is [B]c1c([B])c([B])c(-c2nc(-c3c([B])c([B])c([B])c([B])c3[B])nc(-c3cc(N(c4ccc(-c5ccccc5)cc4)c4ccc5ccccc5c4)cc4oc5ccccc5c34)n2)c([B])c1[B]. The van der Waals surface area contributed by atoms with Gasteiger partial charge in [-0.1, -0.05) is 113 Å². The van der Waals surface area contributed by atoms with Gasteiger partial charge in [0.05, 0.1) is 5.69 Å². The molecule has 0 fully saturated rings. The number of rotatable bonds is 7. The van der Waals surface area contributed by atoms with E-state index in [0.29, 0.717) is 27.8 Å². The third-order valence-corrected chi connectivity index (χ3v) is 11.7. The largest absolute Gasteiger partial charge is 0.456 e. The summed E-state index contributed by atoms with van der Waals surface area (Å²) in [6.07, 6.45) is 0. The lowest BCUT2D eigenvalue weighted by Gasteiger charge is -2.27. The standard InChI is InChI=1S/C49H22B10N4O/c50-37-35(38(51)42(55)45(58)41(37)54)48-60-47(61-49(62-48)36-39(52)43(56)46(59)44(57)40(36)53)31-21-29(22-33-34(31)30-12-6-7-13-32(30)64-33)63(28-19-16-24-10-4-5-11-26(24)20-28)27-17-14-25(15-18-27)23-8-2-1-3-9-23/h1-22H. The molecule has 0 aliphatic rings. The molecule has 20 radical (unpaired) electrons. The van der Waals surface area contributed by atoms with E-state index in [1.54, 1.807) is 0 Å². The van der Waals surface area contributed by atoms with Crippen LogP contribution in [0, 0.1) is 0 Å². The lowest BCUT2D eigenvalue weighted by Crippen LogP contribution is -2.55. The fourth-order valence-electron chi connectivity index (χ4n) is 8.24. The smallest absolute Gasteiger partial charge is 0.164 e. The summed E-state index contributed by atoms with van der Waals surface area (Å²) in [5, 5.41) is 3.65. The number of anilines is 3. The second-order valence-corrected chi connectivity index (χ2v) is 15.4. The van der Waals surface area contributed by atoms with Gasteiger partial charge in [-0.25, -0.2) is 15.0 Å². The van der Waals surface area contributed by atoms with Gasteiger partial charge in [-0.05, 0) is 58.3 Å². The van der Waals surface area contributed by atoms with Crippen molar-refractivity contribution >= 4 is 183 Å². The fourth-order valence-corrected chi connectivity index (χ4v) is 8.24. The summed E-state index contributed by atoms with van der Waals surface area (Å²) in [7, 11) is 64.6. The number of nitrogens with zero attached hydrogens (tertiary/aromatic N) is 4. The molecule has 10 rings (SSSR count). The zero-order valence-electron chi connectivity index (χ0n) is 34.2. The minimum Gasteiger partial charge on any atom is -0.456 e. The molecule has 0 unspecified atom stereocenters. The van der Waals surface area contributed by atoms with Gasteiger partial charge in [0.2, 0.25) is 0 Å². The van der Waals surface area contributed by atoms with Crippen molar-refractivity contribution in [2.45, 2.75) is 0 Å². The number of furan rings is 1. The highest BCUT2D eigenvalue weighted by atomic mass is 16.3. The van der Waals surface area contributed by atoms with Crippen molar-refractivity contribution in [1.82, 2.24) is 15.0 Å². The molecule has 2 aromatic heterocycles. The van der Waals surface area contributed by atoms with E-state index in [9.17, 15) is 0 Å². The van der Waals surface area contributed by atoms with Gasteiger partial charge in [0.25, 0.3) is 0 Å². The van der Waals surface area contributed by atoms with Gasteiger partial charge in [0, 0.05) is 44.9 Å². The van der Waals surface area contributed by atoms with Crippen LogP contribution < -0.4 is 59.5 Å². The van der Waals surface area contributed by atoms with E-state index in [0.717, 1.165) is 38.7 Å². The number of hydrogen-bond acceptors (Lipinski definition) is 5.